The Kier molecular flexibility index (Phi) is 7.06. The number of ether oxygens (including phenoxy) is 1. The van der Waals surface area contributed by atoms with Gasteiger partial charge in [0.15, 0.2) is 6.10 Å². The smallest absolute Gasteiger partial charge is 0.321 e. The summed E-state index contributed by atoms with van der Waals surface area (Å²) in [6.07, 6.45) is 1.11. The summed E-state index contributed by atoms with van der Waals surface area (Å²) in [5.41, 5.74) is 0. The third-order valence-corrected chi connectivity index (χ3v) is 4.09. The topological polar surface area (TPSA) is 148 Å². The lowest BCUT2D eigenvalue weighted by molar-refractivity contribution is -0.153. The number of sulfonamides is 1. The van der Waals surface area contributed by atoms with Gasteiger partial charge in [-0.3, -0.25) is 19.6 Å². The molecule has 11 nitrogen and oxygen atoms in total. The number of esters is 1. The Bertz CT molecular complexity index is 742. The molecule has 0 aliphatic heterocycles. The molecule has 25 heavy (non-hydrogen) atoms. The standard InChI is InChI=1S/C13H21N5O6S/c1-8(2)16-13(21)17-12(20)9(3)24-11(19)6-15-25(22,23)10-5-14-18(4)7-10/h5,7-9,15H,6H2,1-4H3,(H2,16,17,20,21). The second kappa shape index (κ2) is 8.58. The summed E-state index contributed by atoms with van der Waals surface area (Å²) in [6, 6.07) is -0.896. The van der Waals surface area contributed by atoms with Crippen LogP contribution in [-0.4, -0.2) is 54.8 Å². The van der Waals surface area contributed by atoms with Crippen molar-refractivity contribution in [3.05, 3.63) is 12.4 Å². The van der Waals surface area contributed by atoms with Crippen LogP contribution in [0, 0.1) is 0 Å². The zero-order valence-electron chi connectivity index (χ0n) is 14.3. The number of aryl methyl sites for hydroxylation is 1. The van der Waals surface area contributed by atoms with E-state index >= 15 is 0 Å². The molecule has 0 aromatic carbocycles. The molecule has 1 aromatic heterocycles. The molecule has 0 saturated heterocycles. The lowest BCUT2D eigenvalue weighted by atomic mass is 10.3. The van der Waals surface area contributed by atoms with E-state index in [9.17, 15) is 22.8 Å². The van der Waals surface area contributed by atoms with E-state index in [2.05, 4.69) is 10.4 Å². The van der Waals surface area contributed by atoms with Crippen molar-refractivity contribution >= 4 is 27.9 Å². The minimum atomic E-state index is -3.92. The predicted octanol–water partition coefficient (Wildman–Crippen LogP) is -1.14. The number of carbonyl (C=O) groups is 3. The lowest BCUT2D eigenvalue weighted by Gasteiger charge is -2.14. The summed E-state index contributed by atoms with van der Waals surface area (Å²) in [5.74, 6) is -1.80. The maximum absolute atomic E-state index is 11.9. The molecule has 1 unspecified atom stereocenters. The Hall–Kier alpha value is -2.47. The number of nitrogens with one attached hydrogen (secondary N) is 3. The molecule has 3 amide bonds. The molecule has 3 N–H and O–H groups in total. The quantitative estimate of drug-likeness (QED) is 0.510. The second-order valence-electron chi connectivity index (χ2n) is 5.42. The van der Waals surface area contributed by atoms with Crippen LogP contribution in [0.15, 0.2) is 17.3 Å². The van der Waals surface area contributed by atoms with E-state index in [1.54, 1.807) is 20.9 Å². The van der Waals surface area contributed by atoms with Crippen LogP contribution in [-0.2, 0) is 31.4 Å². The number of imide groups is 1. The third kappa shape index (κ3) is 6.89. The predicted molar refractivity (Wildman–Crippen MR) is 85.8 cm³/mol. The van der Waals surface area contributed by atoms with Gasteiger partial charge in [-0.25, -0.2) is 13.2 Å². The Morgan fingerprint density at radius 2 is 1.92 bits per heavy atom. The van der Waals surface area contributed by atoms with Gasteiger partial charge in [0.1, 0.15) is 11.4 Å². The van der Waals surface area contributed by atoms with Gasteiger partial charge in [-0.05, 0) is 20.8 Å². The average molecular weight is 375 g/mol. The molecule has 140 valence electrons. The first kappa shape index (κ1) is 20.6. The van der Waals surface area contributed by atoms with Crippen LogP contribution in [0.2, 0.25) is 0 Å². The van der Waals surface area contributed by atoms with Gasteiger partial charge in [-0.1, -0.05) is 0 Å². The van der Waals surface area contributed by atoms with Crippen LogP contribution < -0.4 is 15.4 Å². The highest BCUT2D eigenvalue weighted by molar-refractivity contribution is 7.89. The second-order valence-corrected chi connectivity index (χ2v) is 7.19. The maximum Gasteiger partial charge on any atom is 0.321 e. The molecule has 1 heterocycles. The SMILES string of the molecule is CC(C)NC(=O)NC(=O)C(C)OC(=O)CNS(=O)(=O)c1cnn(C)c1. The summed E-state index contributed by atoms with van der Waals surface area (Å²) in [6.45, 7) is 4.00. The van der Waals surface area contributed by atoms with Crippen molar-refractivity contribution in [1.82, 2.24) is 25.1 Å². The van der Waals surface area contributed by atoms with E-state index in [4.69, 9.17) is 4.74 Å². The molecular weight excluding hydrogens is 354 g/mol. The molecule has 0 fully saturated rings. The molecule has 0 spiro atoms. The van der Waals surface area contributed by atoms with Gasteiger partial charge >= 0.3 is 12.0 Å². The number of nitrogens with zero attached hydrogens (tertiary/aromatic N) is 2. The van der Waals surface area contributed by atoms with Crippen molar-refractivity contribution in [1.29, 1.82) is 0 Å². The van der Waals surface area contributed by atoms with E-state index in [0.29, 0.717) is 0 Å². The first-order valence-electron chi connectivity index (χ1n) is 7.30. The zero-order valence-corrected chi connectivity index (χ0v) is 15.1. The van der Waals surface area contributed by atoms with Crippen molar-refractivity contribution < 1.29 is 27.5 Å². The fraction of sp³-hybridized carbons (Fsp3) is 0.538. The summed E-state index contributed by atoms with van der Waals surface area (Å²) in [5, 5.41) is 8.16. The van der Waals surface area contributed by atoms with Crippen LogP contribution in [0.5, 0.6) is 0 Å². The van der Waals surface area contributed by atoms with Crippen LogP contribution in [0.3, 0.4) is 0 Å². The van der Waals surface area contributed by atoms with Crippen molar-refractivity contribution in [2.24, 2.45) is 7.05 Å². The molecule has 1 atom stereocenters. The number of amides is 3. The molecule has 0 aliphatic carbocycles. The van der Waals surface area contributed by atoms with Gasteiger partial charge in [0.25, 0.3) is 5.91 Å². The Balaban J connectivity index is 2.48. The van der Waals surface area contributed by atoms with Gasteiger partial charge in [-0.15, -0.1) is 0 Å². The minimum Gasteiger partial charge on any atom is -0.452 e. The highest BCUT2D eigenvalue weighted by Gasteiger charge is 2.22. The number of aromatic nitrogens is 2. The van der Waals surface area contributed by atoms with Gasteiger partial charge in [0.05, 0.1) is 6.20 Å². The normalized spacial score (nSPS) is 12.5. The molecule has 0 saturated carbocycles. The summed E-state index contributed by atoms with van der Waals surface area (Å²) in [7, 11) is -2.38. The Labute approximate surface area is 145 Å². The first-order chi connectivity index (χ1) is 11.5. The lowest BCUT2D eigenvalue weighted by Crippen LogP contribution is -2.47. The summed E-state index contributed by atoms with van der Waals surface area (Å²) in [4.78, 5) is 34.6. The monoisotopic (exact) mass is 375 g/mol. The molecule has 12 heteroatoms. The fourth-order valence-corrected chi connectivity index (χ4v) is 2.53. The van der Waals surface area contributed by atoms with Gasteiger partial charge in [0, 0.05) is 19.3 Å². The minimum absolute atomic E-state index is 0.112. The Morgan fingerprint density at radius 3 is 2.44 bits per heavy atom. The van der Waals surface area contributed by atoms with Gasteiger partial charge in [0.2, 0.25) is 10.0 Å². The average Bonchev–Trinajstić information content (AvgIpc) is 2.91. The van der Waals surface area contributed by atoms with Crippen LogP contribution >= 0.6 is 0 Å². The highest BCUT2D eigenvalue weighted by Crippen LogP contribution is 2.05. The van der Waals surface area contributed by atoms with E-state index in [0.717, 1.165) is 6.20 Å². The van der Waals surface area contributed by atoms with E-state index in [1.165, 1.54) is 17.8 Å². The van der Waals surface area contributed by atoms with Crippen LogP contribution in [0.4, 0.5) is 4.79 Å². The van der Waals surface area contributed by atoms with E-state index in [1.807, 2.05) is 10.0 Å². The van der Waals surface area contributed by atoms with E-state index < -0.39 is 40.6 Å². The molecule has 0 radical (unpaired) electrons. The number of rotatable bonds is 7. The van der Waals surface area contributed by atoms with Crippen molar-refractivity contribution in [2.45, 2.75) is 37.8 Å². The number of carbonyl (C=O) groups excluding carboxylic acids is 3. The summed E-state index contributed by atoms with van der Waals surface area (Å²) >= 11 is 0. The number of hydrogen-bond acceptors (Lipinski definition) is 7. The van der Waals surface area contributed by atoms with Gasteiger partial charge < -0.3 is 10.1 Å². The third-order valence-electron chi connectivity index (χ3n) is 2.73. The molecule has 0 aliphatic rings. The molecule has 0 bridgehead atoms. The molecular formula is C13H21N5O6S. The van der Waals surface area contributed by atoms with E-state index in [-0.39, 0.29) is 10.9 Å². The number of hydrogen-bond donors (Lipinski definition) is 3. The molecule has 1 rings (SSSR count). The van der Waals surface area contributed by atoms with Crippen LogP contribution in [0.1, 0.15) is 20.8 Å². The van der Waals surface area contributed by atoms with Gasteiger partial charge in [-0.2, -0.15) is 9.82 Å². The highest BCUT2D eigenvalue weighted by atomic mass is 32.2. The largest absolute Gasteiger partial charge is 0.452 e. The molecule has 1 aromatic rings. The van der Waals surface area contributed by atoms with Crippen molar-refractivity contribution in [3.63, 3.8) is 0 Å². The van der Waals surface area contributed by atoms with Crippen molar-refractivity contribution in [3.8, 4) is 0 Å². The van der Waals surface area contributed by atoms with Crippen LogP contribution in [0.25, 0.3) is 0 Å². The zero-order chi connectivity index (χ0) is 19.2. The summed E-state index contributed by atoms with van der Waals surface area (Å²) < 4.78 is 31.9. The first-order valence-corrected chi connectivity index (χ1v) is 8.78. The number of urea groups is 1. The Morgan fingerprint density at radius 1 is 1.28 bits per heavy atom. The fourth-order valence-electron chi connectivity index (χ4n) is 1.58. The maximum atomic E-state index is 11.9. The van der Waals surface area contributed by atoms with Crippen molar-refractivity contribution in [2.75, 3.05) is 6.54 Å².